The molecule has 2 heteroatoms. The maximum atomic E-state index is 13.6. The van der Waals surface area contributed by atoms with E-state index < -0.39 is 0 Å². The highest BCUT2D eigenvalue weighted by Crippen LogP contribution is 2.37. The van der Waals surface area contributed by atoms with Gasteiger partial charge in [-0.1, -0.05) is 31.0 Å². The molecule has 82 valence electrons. The van der Waals surface area contributed by atoms with Gasteiger partial charge >= 0.3 is 0 Å². The van der Waals surface area contributed by atoms with Gasteiger partial charge in [-0.3, -0.25) is 0 Å². The van der Waals surface area contributed by atoms with Crippen LogP contribution in [-0.2, 0) is 0 Å². The number of hydrogen-bond donors (Lipinski definition) is 1. The number of nitrogens with two attached hydrogens (primary N) is 1. The van der Waals surface area contributed by atoms with Crippen LogP contribution in [0.2, 0.25) is 0 Å². The summed E-state index contributed by atoms with van der Waals surface area (Å²) in [5.41, 5.74) is 6.60. The zero-order valence-electron chi connectivity index (χ0n) is 8.95. The first kappa shape index (κ1) is 10.6. The second-order valence-corrected chi connectivity index (χ2v) is 4.41. The topological polar surface area (TPSA) is 26.0 Å². The Hall–Kier alpha value is -0.890. The molecular weight excluding hydrogens is 189 g/mol. The highest BCUT2D eigenvalue weighted by Gasteiger charge is 2.26. The maximum absolute atomic E-state index is 13.6. The molecule has 2 rings (SSSR count). The van der Waals surface area contributed by atoms with Crippen LogP contribution in [0.1, 0.15) is 37.2 Å². The van der Waals surface area contributed by atoms with Gasteiger partial charge in [0, 0.05) is 5.92 Å². The van der Waals surface area contributed by atoms with Crippen molar-refractivity contribution in [3.8, 4) is 0 Å². The van der Waals surface area contributed by atoms with Crippen LogP contribution < -0.4 is 5.73 Å². The Morgan fingerprint density at radius 2 is 1.93 bits per heavy atom. The largest absolute Gasteiger partial charge is 0.330 e. The van der Waals surface area contributed by atoms with Gasteiger partial charge < -0.3 is 5.73 Å². The molecule has 1 aromatic carbocycles. The highest BCUT2D eigenvalue weighted by molar-refractivity contribution is 5.23. The van der Waals surface area contributed by atoms with E-state index >= 15 is 0 Å². The first-order valence-electron chi connectivity index (χ1n) is 5.77. The van der Waals surface area contributed by atoms with Crippen LogP contribution in [0.5, 0.6) is 0 Å². The molecular formula is C13H18FN. The third kappa shape index (κ3) is 2.20. The lowest BCUT2D eigenvalue weighted by Gasteiger charge is -2.22. The molecule has 0 aliphatic heterocycles. The summed E-state index contributed by atoms with van der Waals surface area (Å²) in [6, 6.07) is 7.05. The first-order chi connectivity index (χ1) is 7.33. The van der Waals surface area contributed by atoms with Crippen molar-refractivity contribution < 1.29 is 4.39 Å². The second kappa shape index (κ2) is 4.75. The van der Waals surface area contributed by atoms with Crippen molar-refractivity contribution in [1.82, 2.24) is 0 Å². The summed E-state index contributed by atoms with van der Waals surface area (Å²) in [6.07, 6.45) is 4.96. The smallest absolute Gasteiger partial charge is 0.126 e. The van der Waals surface area contributed by atoms with E-state index in [1.54, 1.807) is 6.07 Å². The lowest BCUT2D eigenvalue weighted by molar-refractivity contribution is 0.425. The fourth-order valence-corrected chi connectivity index (χ4v) is 2.71. The van der Waals surface area contributed by atoms with Crippen LogP contribution in [0.3, 0.4) is 0 Å². The minimum absolute atomic E-state index is 0.0974. The van der Waals surface area contributed by atoms with Crippen molar-refractivity contribution in [1.29, 1.82) is 0 Å². The molecule has 2 N–H and O–H groups in total. The standard InChI is InChI=1S/C13H18FN/c14-13-8-4-3-7-11(13)12(9-15)10-5-1-2-6-10/h3-4,7-8,10,12H,1-2,5-6,9,15H2. The zero-order valence-corrected chi connectivity index (χ0v) is 8.95. The van der Waals surface area contributed by atoms with E-state index in [0.717, 1.165) is 5.56 Å². The third-order valence-electron chi connectivity index (χ3n) is 3.53. The maximum Gasteiger partial charge on any atom is 0.126 e. The van der Waals surface area contributed by atoms with Crippen molar-refractivity contribution >= 4 is 0 Å². The van der Waals surface area contributed by atoms with Gasteiger partial charge in [0.25, 0.3) is 0 Å². The summed E-state index contributed by atoms with van der Waals surface area (Å²) in [6.45, 7) is 0.561. The lowest BCUT2D eigenvalue weighted by atomic mass is 9.85. The van der Waals surface area contributed by atoms with Crippen molar-refractivity contribution in [3.63, 3.8) is 0 Å². The Balaban J connectivity index is 2.22. The quantitative estimate of drug-likeness (QED) is 0.810. The van der Waals surface area contributed by atoms with Gasteiger partial charge in [-0.05, 0) is 36.9 Å². The molecule has 0 saturated heterocycles. The van der Waals surface area contributed by atoms with Gasteiger partial charge in [-0.2, -0.15) is 0 Å². The van der Waals surface area contributed by atoms with E-state index in [9.17, 15) is 4.39 Å². The summed E-state index contributed by atoms with van der Waals surface area (Å²) in [4.78, 5) is 0. The molecule has 1 aliphatic rings. The van der Waals surface area contributed by atoms with Crippen LogP contribution in [0.15, 0.2) is 24.3 Å². The van der Waals surface area contributed by atoms with Gasteiger partial charge in [-0.15, -0.1) is 0 Å². The van der Waals surface area contributed by atoms with E-state index in [2.05, 4.69) is 0 Å². The van der Waals surface area contributed by atoms with E-state index in [-0.39, 0.29) is 11.7 Å². The van der Waals surface area contributed by atoms with E-state index in [1.165, 1.54) is 31.7 Å². The molecule has 0 spiro atoms. The summed E-state index contributed by atoms with van der Waals surface area (Å²) < 4.78 is 13.6. The summed E-state index contributed by atoms with van der Waals surface area (Å²) in [7, 11) is 0. The van der Waals surface area contributed by atoms with Crippen LogP contribution in [0, 0.1) is 11.7 Å². The number of hydrogen-bond acceptors (Lipinski definition) is 1. The predicted molar refractivity (Wildman–Crippen MR) is 60.2 cm³/mol. The zero-order chi connectivity index (χ0) is 10.7. The second-order valence-electron chi connectivity index (χ2n) is 4.41. The molecule has 0 heterocycles. The molecule has 1 atom stereocenters. The Bertz CT molecular complexity index is 318. The van der Waals surface area contributed by atoms with Crippen LogP contribution in [-0.4, -0.2) is 6.54 Å². The first-order valence-corrected chi connectivity index (χ1v) is 5.77. The van der Waals surface area contributed by atoms with Crippen LogP contribution in [0.4, 0.5) is 4.39 Å². The normalized spacial score (nSPS) is 19.3. The Labute approximate surface area is 90.5 Å². The van der Waals surface area contributed by atoms with Crippen molar-refractivity contribution in [2.24, 2.45) is 11.7 Å². The van der Waals surface area contributed by atoms with Gasteiger partial charge in [0.2, 0.25) is 0 Å². The molecule has 1 unspecified atom stereocenters. The minimum Gasteiger partial charge on any atom is -0.330 e. The SMILES string of the molecule is NCC(c1ccccc1F)C1CCCC1. The minimum atomic E-state index is -0.0974. The average molecular weight is 207 g/mol. The van der Waals surface area contributed by atoms with Gasteiger partial charge in [0.1, 0.15) is 5.82 Å². The van der Waals surface area contributed by atoms with E-state index in [1.807, 2.05) is 12.1 Å². The fourth-order valence-electron chi connectivity index (χ4n) is 2.71. The van der Waals surface area contributed by atoms with Gasteiger partial charge in [0.15, 0.2) is 0 Å². The molecule has 1 saturated carbocycles. The fraction of sp³-hybridized carbons (Fsp3) is 0.538. The number of rotatable bonds is 3. The molecule has 1 nitrogen and oxygen atoms in total. The van der Waals surface area contributed by atoms with Crippen molar-refractivity contribution in [2.45, 2.75) is 31.6 Å². The monoisotopic (exact) mass is 207 g/mol. The molecule has 0 amide bonds. The number of halogens is 1. The molecule has 0 bridgehead atoms. The van der Waals surface area contributed by atoms with E-state index in [4.69, 9.17) is 5.73 Å². The molecule has 0 radical (unpaired) electrons. The molecule has 0 aromatic heterocycles. The predicted octanol–water partition coefficient (Wildman–Crippen LogP) is 3.06. The highest BCUT2D eigenvalue weighted by atomic mass is 19.1. The molecule has 15 heavy (non-hydrogen) atoms. The van der Waals surface area contributed by atoms with Crippen molar-refractivity contribution in [2.75, 3.05) is 6.54 Å². The van der Waals surface area contributed by atoms with Crippen LogP contribution >= 0.6 is 0 Å². The van der Waals surface area contributed by atoms with Crippen LogP contribution in [0.25, 0.3) is 0 Å². The molecule has 1 aliphatic carbocycles. The summed E-state index contributed by atoms with van der Waals surface area (Å²) in [5, 5.41) is 0. The Kier molecular flexibility index (Phi) is 3.37. The molecule has 1 aromatic rings. The van der Waals surface area contributed by atoms with Crippen molar-refractivity contribution in [3.05, 3.63) is 35.6 Å². The Morgan fingerprint density at radius 1 is 1.27 bits per heavy atom. The van der Waals surface area contributed by atoms with Gasteiger partial charge in [-0.25, -0.2) is 4.39 Å². The Morgan fingerprint density at radius 3 is 2.53 bits per heavy atom. The summed E-state index contributed by atoms with van der Waals surface area (Å²) >= 11 is 0. The van der Waals surface area contributed by atoms with E-state index in [0.29, 0.717) is 12.5 Å². The summed E-state index contributed by atoms with van der Waals surface area (Å²) in [5.74, 6) is 0.709. The third-order valence-corrected chi connectivity index (χ3v) is 3.53. The lowest BCUT2D eigenvalue weighted by Crippen LogP contribution is -2.20. The molecule has 1 fully saturated rings. The average Bonchev–Trinajstić information content (AvgIpc) is 2.75. The van der Waals surface area contributed by atoms with Gasteiger partial charge in [0.05, 0.1) is 0 Å². The number of benzene rings is 1.